The van der Waals surface area contributed by atoms with Crippen molar-refractivity contribution in [3.05, 3.63) is 22.7 Å². The minimum absolute atomic E-state index is 0.115. The molecule has 0 atom stereocenters. The number of ether oxygens (including phenoxy) is 3. The van der Waals surface area contributed by atoms with Crippen LogP contribution in [0.3, 0.4) is 0 Å². The fourth-order valence-electron chi connectivity index (χ4n) is 2.55. The van der Waals surface area contributed by atoms with Gasteiger partial charge in [-0.15, -0.1) is 5.10 Å². The monoisotopic (exact) mass is 511 g/mol. The summed E-state index contributed by atoms with van der Waals surface area (Å²) >= 11 is 3.38. The van der Waals surface area contributed by atoms with Crippen molar-refractivity contribution in [3.63, 3.8) is 0 Å². The van der Waals surface area contributed by atoms with E-state index in [1.54, 1.807) is 80.5 Å². The topological polar surface area (TPSA) is 100.0 Å². The molecule has 0 saturated carbocycles. The molecular formula is C22H30BrN3O6. The molecule has 2 aromatic rings. The maximum Gasteiger partial charge on any atom is 0.435 e. The van der Waals surface area contributed by atoms with E-state index in [-0.39, 0.29) is 5.82 Å². The van der Waals surface area contributed by atoms with E-state index in [0.717, 1.165) is 4.68 Å². The summed E-state index contributed by atoms with van der Waals surface area (Å²) in [4.78, 5) is 39.6. The zero-order chi connectivity index (χ0) is 24.6. The average Bonchev–Trinajstić information content (AvgIpc) is 2.88. The molecule has 0 fully saturated rings. The van der Waals surface area contributed by atoms with Gasteiger partial charge in [-0.25, -0.2) is 14.4 Å². The first kappa shape index (κ1) is 25.6. The van der Waals surface area contributed by atoms with Gasteiger partial charge in [0, 0.05) is 9.86 Å². The van der Waals surface area contributed by atoms with Gasteiger partial charge in [0.05, 0.1) is 5.52 Å². The summed E-state index contributed by atoms with van der Waals surface area (Å²) in [7, 11) is 0. The molecule has 9 nitrogen and oxygen atoms in total. The number of halogens is 1. The normalized spacial score (nSPS) is 12.4. The van der Waals surface area contributed by atoms with E-state index < -0.39 is 35.1 Å². The zero-order valence-electron chi connectivity index (χ0n) is 19.9. The SMILES string of the molecule is CC(C)(C)OC(=O)N(C(=O)OC(C)(C)C)c1nn(C(=O)OC(C)(C)C)c2ccc(Br)cc12. The highest BCUT2D eigenvalue weighted by atomic mass is 79.9. The van der Waals surface area contributed by atoms with E-state index in [9.17, 15) is 14.4 Å². The quantitative estimate of drug-likeness (QED) is 0.416. The van der Waals surface area contributed by atoms with Crippen LogP contribution >= 0.6 is 15.9 Å². The molecule has 0 radical (unpaired) electrons. The predicted octanol–water partition coefficient (Wildman–Crippen LogP) is 6.26. The first-order chi connectivity index (χ1) is 14.4. The van der Waals surface area contributed by atoms with Gasteiger partial charge in [-0.05, 0) is 80.5 Å². The fraction of sp³-hybridized carbons (Fsp3) is 0.545. The zero-order valence-corrected chi connectivity index (χ0v) is 21.5. The van der Waals surface area contributed by atoms with Crippen LogP contribution in [0.5, 0.6) is 0 Å². The largest absolute Gasteiger partial charge is 0.443 e. The number of carbonyl (C=O) groups is 3. The van der Waals surface area contributed by atoms with Crippen LogP contribution in [-0.2, 0) is 14.2 Å². The highest BCUT2D eigenvalue weighted by Gasteiger charge is 2.36. The summed E-state index contributed by atoms with van der Waals surface area (Å²) in [5.74, 6) is -0.115. The molecule has 0 aliphatic rings. The molecule has 0 bridgehead atoms. The lowest BCUT2D eigenvalue weighted by molar-refractivity contribution is 0.0421. The van der Waals surface area contributed by atoms with Gasteiger partial charge in [-0.1, -0.05) is 15.9 Å². The Labute approximate surface area is 196 Å². The summed E-state index contributed by atoms with van der Waals surface area (Å²) in [6, 6.07) is 4.97. The number of rotatable bonds is 1. The summed E-state index contributed by atoms with van der Waals surface area (Å²) in [5, 5.41) is 4.61. The van der Waals surface area contributed by atoms with Crippen LogP contribution in [-0.4, -0.2) is 44.9 Å². The molecule has 10 heteroatoms. The van der Waals surface area contributed by atoms with Crippen LogP contribution < -0.4 is 4.90 Å². The van der Waals surface area contributed by atoms with Gasteiger partial charge in [-0.3, -0.25) is 0 Å². The van der Waals surface area contributed by atoms with Crippen molar-refractivity contribution < 1.29 is 28.6 Å². The standard InChI is InChI=1S/C22H30BrN3O6/c1-20(2,3)30-17(27)25(18(28)31-21(4,5)6)16-14-12-13(23)10-11-15(14)26(24-16)19(29)32-22(7,8)9/h10-12H,1-9H3. The second-order valence-electron chi connectivity index (χ2n) is 10.2. The Morgan fingerprint density at radius 3 is 1.75 bits per heavy atom. The maximum atomic E-state index is 13.0. The van der Waals surface area contributed by atoms with Gasteiger partial charge in [0.25, 0.3) is 0 Å². The molecule has 176 valence electrons. The van der Waals surface area contributed by atoms with Gasteiger partial charge in [0.2, 0.25) is 0 Å². The van der Waals surface area contributed by atoms with Crippen molar-refractivity contribution in [1.82, 2.24) is 9.78 Å². The lowest BCUT2D eigenvalue weighted by atomic mass is 10.2. The minimum Gasteiger partial charge on any atom is -0.443 e. The van der Waals surface area contributed by atoms with E-state index in [1.807, 2.05) is 0 Å². The van der Waals surface area contributed by atoms with Crippen molar-refractivity contribution in [2.24, 2.45) is 0 Å². The molecular weight excluding hydrogens is 482 g/mol. The average molecular weight is 512 g/mol. The Bertz CT molecular complexity index is 1010. The number of aromatic nitrogens is 2. The molecule has 2 rings (SSSR count). The van der Waals surface area contributed by atoms with Crippen LogP contribution in [0.4, 0.5) is 20.2 Å². The van der Waals surface area contributed by atoms with Gasteiger partial charge in [0.1, 0.15) is 16.8 Å². The molecule has 0 saturated heterocycles. The van der Waals surface area contributed by atoms with Crippen LogP contribution in [0.25, 0.3) is 10.9 Å². The third-order valence-electron chi connectivity index (χ3n) is 3.55. The number of nitrogens with zero attached hydrogens (tertiary/aromatic N) is 3. The Balaban J connectivity index is 2.71. The highest BCUT2D eigenvalue weighted by molar-refractivity contribution is 9.10. The lowest BCUT2D eigenvalue weighted by Crippen LogP contribution is -2.44. The number of benzene rings is 1. The Kier molecular flexibility index (Phi) is 6.99. The third kappa shape index (κ3) is 6.69. The van der Waals surface area contributed by atoms with E-state index in [4.69, 9.17) is 14.2 Å². The molecule has 0 unspecified atom stereocenters. The Morgan fingerprint density at radius 2 is 1.31 bits per heavy atom. The molecule has 1 aromatic heterocycles. The molecule has 0 aliphatic heterocycles. The summed E-state index contributed by atoms with van der Waals surface area (Å²) in [5.41, 5.74) is -2.21. The summed E-state index contributed by atoms with van der Waals surface area (Å²) in [6.45, 7) is 15.2. The van der Waals surface area contributed by atoms with Crippen LogP contribution in [0.2, 0.25) is 0 Å². The van der Waals surface area contributed by atoms with Crippen LogP contribution in [0.1, 0.15) is 62.3 Å². The van der Waals surface area contributed by atoms with Gasteiger partial charge in [-0.2, -0.15) is 9.58 Å². The van der Waals surface area contributed by atoms with Crippen molar-refractivity contribution in [2.45, 2.75) is 79.1 Å². The van der Waals surface area contributed by atoms with Crippen molar-refractivity contribution in [2.75, 3.05) is 4.90 Å². The Hall–Kier alpha value is -2.62. The minimum atomic E-state index is -0.984. The molecule has 0 spiro atoms. The van der Waals surface area contributed by atoms with Crippen molar-refractivity contribution in [3.8, 4) is 0 Å². The van der Waals surface area contributed by atoms with E-state index in [0.29, 0.717) is 20.3 Å². The molecule has 32 heavy (non-hydrogen) atoms. The van der Waals surface area contributed by atoms with Crippen molar-refractivity contribution in [1.29, 1.82) is 0 Å². The number of amides is 2. The number of fused-ring (bicyclic) bond motifs is 1. The molecule has 0 aliphatic carbocycles. The predicted molar refractivity (Wildman–Crippen MR) is 124 cm³/mol. The maximum absolute atomic E-state index is 13.0. The van der Waals surface area contributed by atoms with E-state index in [1.165, 1.54) is 0 Å². The number of imide groups is 1. The first-order valence-corrected chi connectivity index (χ1v) is 10.8. The Morgan fingerprint density at radius 1 is 0.844 bits per heavy atom. The van der Waals surface area contributed by atoms with E-state index >= 15 is 0 Å². The number of anilines is 1. The number of carbonyl (C=O) groups excluding carboxylic acids is 3. The molecule has 1 heterocycles. The van der Waals surface area contributed by atoms with Crippen molar-refractivity contribution >= 4 is 50.9 Å². The second-order valence-corrected chi connectivity index (χ2v) is 11.1. The molecule has 2 amide bonds. The summed E-state index contributed by atoms with van der Waals surface area (Å²) in [6.07, 6.45) is -2.73. The number of hydrogen-bond acceptors (Lipinski definition) is 7. The van der Waals surface area contributed by atoms with Crippen LogP contribution in [0.15, 0.2) is 22.7 Å². The van der Waals surface area contributed by atoms with Gasteiger partial charge in [0.15, 0.2) is 5.82 Å². The lowest BCUT2D eigenvalue weighted by Gasteiger charge is -2.27. The smallest absolute Gasteiger partial charge is 0.435 e. The summed E-state index contributed by atoms with van der Waals surface area (Å²) < 4.78 is 18.0. The van der Waals surface area contributed by atoms with Gasteiger partial charge >= 0.3 is 18.3 Å². The van der Waals surface area contributed by atoms with Gasteiger partial charge < -0.3 is 14.2 Å². The fourth-order valence-corrected chi connectivity index (χ4v) is 2.91. The third-order valence-corrected chi connectivity index (χ3v) is 4.05. The molecule has 0 N–H and O–H groups in total. The first-order valence-electron chi connectivity index (χ1n) is 10.1. The highest BCUT2D eigenvalue weighted by Crippen LogP contribution is 2.32. The van der Waals surface area contributed by atoms with E-state index in [2.05, 4.69) is 21.0 Å². The number of hydrogen-bond donors (Lipinski definition) is 0. The second kappa shape index (κ2) is 8.73. The molecule has 1 aromatic carbocycles. The van der Waals surface area contributed by atoms with Crippen LogP contribution in [0, 0.1) is 0 Å².